The van der Waals surface area contributed by atoms with Crippen LogP contribution in [0.3, 0.4) is 0 Å². The Kier molecular flexibility index (Phi) is 4.55. The topological polar surface area (TPSA) is 44.8 Å². The number of carbonyl (C=O) groups is 1. The Hall–Kier alpha value is -1.40. The standard InChI is InChI=1S/C12H11ClF2O4/c13-8-1-2-9(11-7(8)5-19-12(11)16)18-4-3-17-6-10(14)15/h1-2,10H,3-6H2. The average molecular weight is 293 g/mol. The van der Waals surface area contributed by atoms with Gasteiger partial charge in [0, 0.05) is 10.6 Å². The molecule has 1 aromatic carbocycles. The fourth-order valence-electron chi connectivity index (χ4n) is 1.68. The van der Waals surface area contributed by atoms with Crippen molar-refractivity contribution in [3.8, 4) is 5.75 Å². The van der Waals surface area contributed by atoms with E-state index in [2.05, 4.69) is 4.74 Å². The van der Waals surface area contributed by atoms with Gasteiger partial charge in [0.25, 0.3) is 6.43 Å². The number of hydrogen-bond acceptors (Lipinski definition) is 4. The zero-order valence-electron chi connectivity index (χ0n) is 9.83. The summed E-state index contributed by atoms with van der Waals surface area (Å²) in [5.74, 6) is -0.177. The lowest BCUT2D eigenvalue weighted by Gasteiger charge is -2.09. The molecule has 1 heterocycles. The third-order valence-corrected chi connectivity index (χ3v) is 2.85. The smallest absolute Gasteiger partial charge is 0.342 e. The van der Waals surface area contributed by atoms with Gasteiger partial charge in [-0.05, 0) is 12.1 Å². The summed E-state index contributed by atoms with van der Waals surface area (Å²) in [6.45, 7) is -0.443. The summed E-state index contributed by atoms with van der Waals surface area (Å²) in [6.07, 6.45) is -2.50. The minimum atomic E-state index is -2.50. The van der Waals surface area contributed by atoms with E-state index < -0.39 is 19.0 Å². The fourth-order valence-corrected chi connectivity index (χ4v) is 1.89. The molecule has 1 aliphatic rings. The highest BCUT2D eigenvalue weighted by molar-refractivity contribution is 6.32. The molecular weight excluding hydrogens is 282 g/mol. The molecule has 2 rings (SSSR count). The minimum Gasteiger partial charge on any atom is -0.490 e. The van der Waals surface area contributed by atoms with Gasteiger partial charge >= 0.3 is 5.97 Å². The second-order valence-corrected chi connectivity index (χ2v) is 4.20. The first-order valence-electron chi connectivity index (χ1n) is 5.56. The van der Waals surface area contributed by atoms with Crippen molar-refractivity contribution in [1.82, 2.24) is 0 Å². The van der Waals surface area contributed by atoms with E-state index in [1.807, 2.05) is 0 Å². The molecular formula is C12H11ClF2O4. The zero-order valence-corrected chi connectivity index (χ0v) is 10.6. The van der Waals surface area contributed by atoms with Crippen LogP contribution >= 0.6 is 11.6 Å². The van der Waals surface area contributed by atoms with Crippen LogP contribution in [-0.2, 0) is 16.1 Å². The number of benzene rings is 1. The molecule has 7 heteroatoms. The van der Waals surface area contributed by atoms with Gasteiger partial charge in [-0.1, -0.05) is 11.6 Å². The number of esters is 1. The maximum atomic E-state index is 11.8. The maximum absolute atomic E-state index is 11.8. The Morgan fingerprint density at radius 2 is 2.16 bits per heavy atom. The van der Waals surface area contributed by atoms with Gasteiger partial charge < -0.3 is 14.2 Å². The van der Waals surface area contributed by atoms with Gasteiger partial charge in [-0.15, -0.1) is 0 Å². The summed E-state index contributed by atoms with van der Waals surface area (Å²) in [7, 11) is 0. The number of halogens is 3. The van der Waals surface area contributed by atoms with Crippen molar-refractivity contribution in [1.29, 1.82) is 0 Å². The van der Waals surface area contributed by atoms with Crippen molar-refractivity contribution in [3.63, 3.8) is 0 Å². The van der Waals surface area contributed by atoms with E-state index in [1.165, 1.54) is 0 Å². The van der Waals surface area contributed by atoms with Crippen LogP contribution in [0.4, 0.5) is 8.78 Å². The van der Waals surface area contributed by atoms with Crippen molar-refractivity contribution in [2.24, 2.45) is 0 Å². The molecule has 0 atom stereocenters. The van der Waals surface area contributed by atoms with Crippen LogP contribution in [0.1, 0.15) is 15.9 Å². The summed E-state index contributed by atoms with van der Waals surface area (Å²) in [5.41, 5.74) is 0.874. The zero-order chi connectivity index (χ0) is 13.8. The van der Waals surface area contributed by atoms with E-state index >= 15 is 0 Å². The predicted octanol–water partition coefficient (Wildman–Crippen LogP) is 2.67. The van der Waals surface area contributed by atoms with Crippen LogP contribution < -0.4 is 4.74 Å². The quantitative estimate of drug-likeness (QED) is 0.597. The normalized spacial score (nSPS) is 13.6. The van der Waals surface area contributed by atoms with Gasteiger partial charge in [0.15, 0.2) is 0 Å². The van der Waals surface area contributed by atoms with Crippen LogP contribution in [0.5, 0.6) is 5.75 Å². The first-order chi connectivity index (χ1) is 9.09. The summed E-state index contributed by atoms with van der Waals surface area (Å²) in [4.78, 5) is 11.5. The van der Waals surface area contributed by atoms with Crippen LogP contribution in [0.15, 0.2) is 12.1 Å². The van der Waals surface area contributed by atoms with Gasteiger partial charge in [0.05, 0.1) is 6.61 Å². The van der Waals surface area contributed by atoms with Crippen molar-refractivity contribution >= 4 is 17.6 Å². The monoisotopic (exact) mass is 292 g/mol. The molecule has 0 unspecified atom stereocenters. The lowest BCUT2D eigenvalue weighted by molar-refractivity contribution is 0.00753. The third-order valence-electron chi connectivity index (χ3n) is 2.50. The van der Waals surface area contributed by atoms with Gasteiger partial charge in [-0.3, -0.25) is 0 Å². The average Bonchev–Trinajstić information content (AvgIpc) is 2.75. The molecule has 19 heavy (non-hydrogen) atoms. The van der Waals surface area contributed by atoms with E-state index in [0.717, 1.165) is 0 Å². The Morgan fingerprint density at radius 1 is 1.37 bits per heavy atom. The molecule has 1 aromatic rings. The molecule has 0 fully saturated rings. The van der Waals surface area contributed by atoms with E-state index in [1.54, 1.807) is 12.1 Å². The predicted molar refractivity (Wildman–Crippen MR) is 62.9 cm³/mol. The molecule has 0 N–H and O–H groups in total. The summed E-state index contributed by atoms with van der Waals surface area (Å²) < 4.78 is 38.5. The van der Waals surface area contributed by atoms with Gasteiger partial charge in [-0.25, -0.2) is 13.6 Å². The van der Waals surface area contributed by atoms with E-state index in [0.29, 0.717) is 21.9 Å². The Balaban J connectivity index is 1.95. The van der Waals surface area contributed by atoms with Gasteiger partial charge in [0.1, 0.15) is 31.1 Å². The molecule has 4 nitrogen and oxygen atoms in total. The van der Waals surface area contributed by atoms with Crippen LogP contribution in [0, 0.1) is 0 Å². The second kappa shape index (κ2) is 6.16. The molecule has 0 aliphatic carbocycles. The van der Waals surface area contributed by atoms with E-state index in [9.17, 15) is 13.6 Å². The number of hydrogen-bond donors (Lipinski definition) is 0. The Morgan fingerprint density at radius 3 is 2.89 bits per heavy atom. The Bertz CT molecular complexity index is 479. The maximum Gasteiger partial charge on any atom is 0.342 e. The summed E-state index contributed by atoms with van der Waals surface area (Å²) in [6, 6.07) is 3.14. The third kappa shape index (κ3) is 3.33. The number of ether oxygens (including phenoxy) is 3. The van der Waals surface area contributed by atoms with Crippen LogP contribution in [-0.4, -0.2) is 32.2 Å². The van der Waals surface area contributed by atoms with Crippen LogP contribution in [0.25, 0.3) is 0 Å². The molecule has 104 valence electrons. The van der Waals surface area contributed by atoms with Gasteiger partial charge in [-0.2, -0.15) is 0 Å². The van der Waals surface area contributed by atoms with Gasteiger partial charge in [0.2, 0.25) is 0 Å². The highest BCUT2D eigenvalue weighted by Gasteiger charge is 2.28. The highest BCUT2D eigenvalue weighted by atomic mass is 35.5. The summed E-state index contributed by atoms with van der Waals surface area (Å²) in [5, 5.41) is 0.433. The molecule has 0 bridgehead atoms. The molecule has 0 amide bonds. The second-order valence-electron chi connectivity index (χ2n) is 3.79. The number of cyclic esters (lactones) is 1. The Labute approximate surface area is 113 Å². The van der Waals surface area contributed by atoms with Crippen molar-refractivity contribution in [2.45, 2.75) is 13.0 Å². The molecule has 1 aliphatic heterocycles. The first kappa shape index (κ1) is 14.0. The molecule has 0 saturated carbocycles. The van der Waals surface area contributed by atoms with Crippen molar-refractivity contribution in [3.05, 3.63) is 28.3 Å². The largest absolute Gasteiger partial charge is 0.490 e. The molecule has 0 saturated heterocycles. The lowest BCUT2D eigenvalue weighted by atomic mass is 10.1. The molecule has 0 aromatic heterocycles. The summed E-state index contributed by atoms with van der Waals surface area (Å²) >= 11 is 5.93. The SMILES string of the molecule is O=C1OCc2c(Cl)ccc(OCCOCC(F)F)c21. The molecule has 0 spiro atoms. The van der Waals surface area contributed by atoms with Crippen molar-refractivity contribution in [2.75, 3.05) is 19.8 Å². The minimum absolute atomic E-state index is 0.0107. The first-order valence-corrected chi connectivity index (χ1v) is 5.94. The number of rotatable bonds is 6. The van der Waals surface area contributed by atoms with Crippen molar-refractivity contribution < 1.29 is 27.8 Å². The number of carbonyl (C=O) groups excluding carboxylic acids is 1. The number of alkyl halides is 2. The van der Waals surface area contributed by atoms with Crippen LogP contribution in [0.2, 0.25) is 5.02 Å². The molecule has 0 radical (unpaired) electrons. The van der Waals surface area contributed by atoms with E-state index in [-0.39, 0.29) is 19.8 Å². The lowest BCUT2D eigenvalue weighted by Crippen LogP contribution is -2.12. The fraction of sp³-hybridized carbons (Fsp3) is 0.417. The highest BCUT2D eigenvalue weighted by Crippen LogP contribution is 2.34. The number of fused-ring (bicyclic) bond motifs is 1. The van der Waals surface area contributed by atoms with E-state index in [4.69, 9.17) is 21.1 Å².